The molecule has 18 heavy (non-hydrogen) atoms. The Labute approximate surface area is 103 Å². The number of H-pyrrole nitrogens is 1. The fraction of sp³-hybridized carbons (Fsp3) is 0.250. The number of amides is 1. The summed E-state index contributed by atoms with van der Waals surface area (Å²) >= 11 is 0. The molecule has 0 saturated heterocycles. The van der Waals surface area contributed by atoms with Gasteiger partial charge in [0, 0.05) is 11.6 Å². The van der Waals surface area contributed by atoms with Crippen molar-refractivity contribution in [2.45, 2.75) is 0 Å². The second-order valence-corrected chi connectivity index (χ2v) is 3.98. The number of hydrogen-bond donors (Lipinski definition) is 2. The minimum atomic E-state index is -0.0602. The van der Waals surface area contributed by atoms with Gasteiger partial charge < -0.3 is 15.0 Å². The van der Waals surface area contributed by atoms with Gasteiger partial charge in [-0.2, -0.15) is 0 Å². The highest BCUT2D eigenvalue weighted by atomic mass is 16.5. The van der Waals surface area contributed by atoms with Gasteiger partial charge in [0.05, 0.1) is 31.1 Å². The summed E-state index contributed by atoms with van der Waals surface area (Å²) in [5, 5.41) is 3.72. The quantitative estimate of drug-likeness (QED) is 0.807. The van der Waals surface area contributed by atoms with E-state index in [1.54, 1.807) is 13.3 Å². The molecule has 0 saturated carbocycles. The van der Waals surface area contributed by atoms with Crippen LogP contribution in [0.25, 0.3) is 10.9 Å². The van der Waals surface area contributed by atoms with Crippen LogP contribution in [0.4, 0.5) is 0 Å². The number of carbonyl (C=O) groups is 1. The lowest BCUT2D eigenvalue weighted by atomic mass is 10.1. The van der Waals surface area contributed by atoms with Gasteiger partial charge >= 0.3 is 0 Å². The lowest BCUT2D eigenvalue weighted by molar-refractivity contribution is -0.119. The van der Waals surface area contributed by atoms with Gasteiger partial charge in [-0.1, -0.05) is 0 Å². The second kappa shape index (κ2) is 4.14. The number of nitrogens with zero attached hydrogens (tertiary/aromatic N) is 2. The predicted molar refractivity (Wildman–Crippen MR) is 67.1 cm³/mol. The molecule has 92 valence electrons. The Hall–Kier alpha value is -2.37. The molecule has 0 spiro atoms. The normalized spacial score (nSPS) is 15.4. The van der Waals surface area contributed by atoms with Gasteiger partial charge in [-0.05, 0) is 6.07 Å². The van der Waals surface area contributed by atoms with E-state index in [1.165, 1.54) is 0 Å². The molecule has 0 bridgehead atoms. The van der Waals surface area contributed by atoms with E-state index >= 15 is 0 Å². The Morgan fingerprint density at radius 1 is 1.44 bits per heavy atom. The number of aromatic nitrogens is 2. The van der Waals surface area contributed by atoms with Crippen molar-refractivity contribution in [3.8, 4) is 5.75 Å². The van der Waals surface area contributed by atoms with Crippen LogP contribution in [0, 0.1) is 0 Å². The van der Waals surface area contributed by atoms with E-state index in [9.17, 15) is 4.79 Å². The topological polar surface area (TPSA) is 79.4 Å². The zero-order chi connectivity index (χ0) is 12.5. The number of ether oxygens (including phenoxy) is 1. The Morgan fingerprint density at radius 3 is 3.06 bits per heavy atom. The molecular formula is C12H12N4O2. The number of hydrogen-bond acceptors (Lipinski definition) is 4. The molecule has 0 atom stereocenters. The first kappa shape index (κ1) is 10.8. The minimum absolute atomic E-state index is 0.0602. The lowest BCUT2D eigenvalue weighted by Gasteiger charge is -2.14. The van der Waals surface area contributed by atoms with E-state index < -0.39 is 0 Å². The maximum atomic E-state index is 11.1. The molecule has 0 fully saturated rings. The molecule has 6 nitrogen and oxygen atoms in total. The van der Waals surface area contributed by atoms with Crippen molar-refractivity contribution in [1.29, 1.82) is 0 Å². The third-order valence-corrected chi connectivity index (χ3v) is 2.92. The molecule has 3 rings (SSSR count). The van der Waals surface area contributed by atoms with Crippen molar-refractivity contribution in [2.75, 3.05) is 20.2 Å². The van der Waals surface area contributed by atoms with Crippen molar-refractivity contribution in [3.63, 3.8) is 0 Å². The first-order valence-electron chi connectivity index (χ1n) is 5.60. The first-order chi connectivity index (χ1) is 8.79. The van der Waals surface area contributed by atoms with Gasteiger partial charge in [0.25, 0.3) is 0 Å². The largest absolute Gasteiger partial charge is 0.494 e. The Kier molecular flexibility index (Phi) is 2.47. The van der Waals surface area contributed by atoms with Crippen LogP contribution in [0.1, 0.15) is 5.69 Å². The van der Waals surface area contributed by atoms with Crippen LogP contribution >= 0.6 is 0 Å². The summed E-state index contributed by atoms with van der Waals surface area (Å²) < 4.78 is 5.25. The Morgan fingerprint density at radius 2 is 2.33 bits per heavy atom. The van der Waals surface area contributed by atoms with E-state index in [0.29, 0.717) is 6.54 Å². The van der Waals surface area contributed by atoms with Gasteiger partial charge in [-0.25, -0.2) is 4.98 Å². The van der Waals surface area contributed by atoms with Crippen LogP contribution in [0.5, 0.6) is 5.75 Å². The number of methoxy groups -OCH3 is 1. The highest BCUT2D eigenvalue weighted by Crippen LogP contribution is 2.26. The van der Waals surface area contributed by atoms with E-state index in [4.69, 9.17) is 4.74 Å². The molecule has 6 heteroatoms. The SMILES string of the molecule is COc1cnc(C2=NCC(=O)NC2)c2[nH]ccc12. The highest BCUT2D eigenvalue weighted by Gasteiger charge is 2.17. The molecule has 1 aliphatic rings. The van der Waals surface area contributed by atoms with Crippen LogP contribution in [-0.4, -0.2) is 41.8 Å². The summed E-state index contributed by atoms with van der Waals surface area (Å²) in [7, 11) is 1.61. The fourth-order valence-corrected chi connectivity index (χ4v) is 2.03. The highest BCUT2D eigenvalue weighted by molar-refractivity contribution is 6.12. The summed E-state index contributed by atoms with van der Waals surface area (Å²) in [6, 6.07) is 1.93. The average Bonchev–Trinajstić information content (AvgIpc) is 2.88. The smallest absolute Gasteiger partial charge is 0.241 e. The molecule has 2 N–H and O–H groups in total. The number of rotatable bonds is 2. The summed E-state index contributed by atoms with van der Waals surface area (Å²) in [5.41, 5.74) is 2.42. The van der Waals surface area contributed by atoms with Gasteiger partial charge in [0.1, 0.15) is 18.0 Å². The van der Waals surface area contributed by atoms with E-state index in [1.807, 2.05) is 12.3 Å². The van der Waals surface area contributed by atoms with Crippen LogP contribution < -0.4 is 10.1 Å². The fourth-order valence-electron chi connectivity index (χ4n) is 2.03. The summed E-state index contributed by atoms with van der Waals surface area (Å²) in [6.45, 7) is 0.567. The average molecular weight is 244 g/mol. The molecule has 0 aliphatic carbocycles. The van der Waals surface area contributed by atoms with Gasteiger partial charge in [0.15, 0.2) is 0 Å². The molecule has 0 unspecified atom stereocenters. The molecule has 1 amide bonds. The monoisotopic (exact) mass is 244 g/mol. The van der Waals surface area contributed by atoms with Gasteiger partial charge in [0.2, 0.25) is 5.91 Å². The number of fused-ring (bicyclic) bond motifs is 1. The first-order valence-corrected chi connectivity index (χ1v) is 5.60. The number of pyridine rings is 1. The molecule has 2 aromatic rings. The lowest BCUT2D eigenvalue weighted by Crippen LogP contribution is -2.37. The number of carbonyl (C=O) groups excluding carboxylic acids is 1. The van der Waals surface area contributed by atoms with Crippen molar-refractivity contribution in [3.05, 3.63) is 24.2 Å². The zero-order valence-electron chi connectivity index (χ0n) is 9.86. The van der Waals surface area contributed by atoms with Crippen LogP contribution in [0.2, 0.25) is 0 Å². The van der Waals surface area contributed by atoms with Crippen LogP contribution in [-0.2, 0) is 4.79 Å². The Bertz CT molecular complexity index is 645. The van der Waals surface area contributed by atoms with Crippen molar-refractivity contribution in [2.24, 2.45) is 4.99 Å². The number of aliphatic imine (C=N–C) groups is 1. The maximum absolute atomic E-state index is 11.1. The van der Waals surface area contributed by atoms with Crippen LogP contribution in [0.15, 0.2) is 23.5 Å². The zero-order valence-corrected chi connectivity index (χ0v) is 9.86. The van der Waals surface area contributed by atoms with Crippen LogP contribution in [0.3, 0.4) is 0 Å². The van der Waals surface area contributed by atoms with Gasteiger partial charge in [-0.3, -0.25) is 9.79 Å². The van der Waals surface area contributed by atoms with Crippen molar-refractivity contribution < 1.29 is 9.53 Å². The van der Waals surface area contributed by atoms with E-state index in [0.717, 1.165) is 28.1 Å². The van der Waals surface area contributed by atoms with Crippen molar-refractivity contribution in [1.82, 2.24) is 15.3 Å². The van der Waals surface area contributed by atoms with E-state index in [2.05, 4.69) is 20.3 Å². The molecule has 2 aromatic heterocycles. The second-order valence-electron chi connectivity index (χ2n) is 3.98. The predicted octanol–water partition coefficient (Wildman–Crippen LogP) is 0.490. The third-order valence-electron chi connectivity index (χ3n) is 2.92. The summed E-state index contributed by atoms with van der Waals surface area (Å²) in [5.74, 6) is 0.658. The number of aromatic amines is 1. The molecular weight excluding hydrogens is 232 g/mol. The molecule has 0 radical (unpaired) electrons. The molecule has 3 heterocycles. The van der Waals surface area contributed by atoms with E-state index in [-0.39, 0.29) is 12.5 Å². The number of nitrogens with one attached hydrogen (secondary N) is 2. The molecule has 0 aromatic carbocycles. The Balaban J connectivity index is 2.13. The third kappa shape index (κ3) is 1.62. The molecule has 1 aliphatic heterocycles. The standard InChI is InChI=1S/C12H12N4O2/c1-18-9-5-16-12(11-7(9)2-3-13-11)8-4-15-10(17)6-14-8/h2-3,5,13H,4,6H2,1H3,(H,15,17). The summed E-state index contributed by atoms with van der Waals surface area (Å²) in [6.07, 6.45) is 3.50. The van der Waals surface area contributed by atoms with Gasteiger partial charge in [-0.15, -0.1) is 0 Å². The minimum Gasteiger partial charge on any atom is -0.494 e. The van der Waals surface area contributed by atoms with Crippen molar-refractivity contribution >= 4 is 22.5 Å². The summed E-state index contributed by atoms with van der Waals surface area (Å²) in [4.78, 5) is 22.8. The maximum Gasteiger partial charge on any atom is 0.241 e.